The topological polar surface area (TPSA) is 47.0 Å². The molecule has 0 aliphatic carbocycles. The summed E-state index contributed by atoms with van der Waals surface area (Å²) in [5.74, 6) is 1.77. The molecule has 0 spiro atoms. The SMILES string of the molecule is CNC(Cc1cc(Cl)cc2c1OCC2)c1ncc(C)cn1. The minimum absolute atomic E-state index is 0.0392. The summed E-state index contributed by atoms with van der Waals surface area (Å²) in [6.07, 6.45) is 5.35. The van der Waals surface area contributed by atoms with Crippen LogP contribution in [0, 0.1) is 6.92 Å². The van der Waals surface area contributed by atoms with E-state index in [0.717, 1.165) is 47.2 Å². The molecule has 4 nitrogen and oxygen atoms in total. The van der Waals surface area contributed by atoms with Gasteiger partial charge in [0.2, 0.25) is 0 Å². The molecule has 0 radical (unpaired) electrons. The summed E-state index contributed by atoms with van der Waals surface area (Å²) < 4.78 is 5.76. The van der Waals surface area contributed by atoms with Gasteiger partial charge in [-0.05, 0) is 49.2 Å². The van der Waals surface area contributed by atoms with Crippen LogP contribution in [0.3, 0.4) is 0 Å². The number of nitrogens with one attached hydrogen (secondary N) is 1. The molecule has 2 heterocycles. The van der Waals surface area contributed by atoms with E-state index < -0.39 is 0 Å². The third-order valence-corrected chi connectivity index (χ3v) is 3.93. The lowest BCUT2D eigenvalue weighted by molar-refractivity contribution is 0.351. The Kier molecular flexibility index (Phi) is 4.08. The fourth-order valence-corrected chi connectivity index (χ4v) is 2.89. The van der Waals surface area contributed by atoms with E-state index in [9.17, 15) is 0 Å². The smallest absolute Gasteiger partial charge is 0.145 e. The molecule has 0 fully saturated rings. The first-order valence-corrected chi connectivity index (χ1v) is 7.45. The van der Waals surface area contributed by atoms with Gasteiger partial charge in [0.05, 0.1) is 12.6 Å². The van der Waals surface area contributed by atoms with Crippen LogP contribution in [0.2, 0.25) is 5.02 Å². The average Bonchev–Trinajstić information content (AvgIpc) is 2.94. The molecule has 1 unspecified atom stereocenters. The first kappa shape index (κ1) is 14.3. The Hall–Kier alpha value is -1.65. The number of hydrogen-bond acceptors (Lipinski definition) is 4. The summed E-state index contributed by atoms with van der Waals surface area (Å²) >= 11 is 6.21. The van der Waals surface area contributed by atoms with Gasteiger partial charge in [0.1, 0.15) is 11.6 Å². The second-order valence-electron chi connectivity index (χ2n) is 5.32. The molecule has 1 aromatic heterocycles. The summed E-state index contributed by atoms with van der Waals surface area (Å²) in [5, 5.41) is 4.03. The molecule has 1 aliphatic rings. The van der Waals surface area contributed by atoms with Crippen molar-refractivity contribution in [2.24, 2.45) is 0 Å². The third kappa shape index (κ3) is 3.01. The Labute approximate surface area is 129 Å². The number of likely N-dealkylation sites (N-methyl/N-ethyl adjacent to an activating group) is 1. The fraction of sp³-hybridized carbons (Fsp3) is 0.375. The van der Waals surface area contributed by atoms with Crippen LogP contribution in [-0.4, -0.2) is 23.6 Å². The van der Waals surface area contributed by atoms with Crippen molar-refractivity contribution in [3.8, 4) is 5.75 Å². The number of aryl methyl sites for hydroxylation is 1. The van der Waals surface area contributed by atoms with Crippen molar-refractivity contribution in [2.75, 3.05) is 13.7 Å². The van der Waals surface area contributed by atoms with Crippen molar-refractivity contribution < 1.29 is 4.74 Å². The summed E-state index contributed by atoms with van der Waals surface area (Å²) in [4.78, 5) is 8.83. The van der Waals surface area contributed by atoms with Gasteiger partial charge in [-0.1, -0.05) is 11.6 Å². The van der Waals surface area contributed by atoms with Crippen molar-refractivity contribution in [3.05, 3.63) is 52.1 Å². The van der Waals surface area contributed by atoms with Crippen molar-refractivity contribution in [3.63, 3.8) is 0 Å². The van der Waals surface area contributed by atoms with E-state index in [-0.39, 0.29) is 6.04 Å². The number of aromatic nitrogens is 2. The normalized spacial score (nSPS) is 14.6. The Morgan fingerprint density at radius 1 is 1.33 bits per heavy atom. The van der Waals surface area contributed by atoms with Crippen molar-refractivity contribution in [1.82, 2.24) is 15.3 Å². The molecule has 0 bridgehead atoms. The van der Waals surface area contributed by atoms with Gasteiger partial charge in [0.25, 0.3) is 0 Å². The maximum Gasteiger partial charge on any atom is 0.145 e. The molecule has 0 amide bonds. The van der Waals surface area contributed by atoms with Gasteiger partial charge in [0.15, 0.2) is 0 Å². The number of benzene rings is 1. The number of halogens is 1. The van der Waals surface area contributed by atoms with E-state index >= 15 is 0 Å². The fourth-order valence-electron chi connectivity index (χ4n) is 2.62. The van der Waals surface area contributed by atoms with Crippen molar-refractivity contribution >= 4 is 11.6 Å². The zero-order chi connectivity index (χ0) is 14.8. The van der Waals surface area contributed by atoms with E-state index in [1.165, 1.54) is 5.56 Å². The minimum atomic E-state index is 0.0392. The second kappa shape index (κ2) is 6.00. The molecule has 1 N–H and O–H groups in total. The molecule has 5 heteroatoms. The molecule has 1 atom stereocenters. The van der Waals surface area contributed by atoms with Crippen LogP contribution in [0.15, 0.2) is 24.5 Å². The lowest BCUT2D eigenvalue weighted by atomic mass is 10.0. The Balaban J connectivity index is 1.89. The quantitative estimate of drug-likeness (QED) is 0.943. The maximum absolute atomic E-state index is 6.21. The number of nitrogens with zero attached hydrogens (tertiary/aromatic N) is 2. The summed E-state index contributed by atoms with van der Waals surface area (Å²) in [6.45, 7) is 2.71. The molecule has 1 aromatic carbocycles. The highest BCUT2D eigenvalue weighted by Gasteiger charge is 2.21. The number of rotatable bonds is 4. The van der Waals surface area contributed by atoms with E-state index in [2.05, 4.69) is 15.3 Å². The molecular weight excluding hydrogens is 286 g/mol. The summed E-state index contributed by atoms with van der Waals surface area (Å²) in [6, 6.07) is 4.01. The first-order chi connectivity index (χ1) is 10.2. The monoisotopic (exact) mass is 303 g/mol. The molecule has 0 saturated heterocycles. The average molecular weight is 304 g/mol. The van der Waals surface area contributed by atoms with E-state index in [0.29, 0.717) is 0 Å². The van der Waals surface area contributed by atoms with Gasteiger partial charge in [-0.25, -0.2) is 9.97 Å². The second-order valence-corrected chi connectivity index (χ2v) is 5.75. The van der Waals surface area contributed by atoms with E-state index in [4.69, 9.17) is 16.3 Å². The van der Waals surface area contributed by atoms with Gasteiger partial charge < -0.3 is 10.1 Å². The predicted molar refractivity (Wildman–Crippen MR) is 82.9 cm³/mol. The lowest BCUT2D eigenvalue weighted by Crippen LogP contribution is -2.21. The number of ether oxygens (including phenoxy) is 1. The number of fused-ring (bicyclic) bond motifs is 1. The predicted octanol–water partition coefficient (Wildman–Crippen LogP) is 2.88. The van der Waals surface area contributed by atoms with Crippen LogP contribution in [0.5, 0.6) is 5.75 Å². The van der Waals surface area contributed by atoms with Crippen LogP contribution in [0.4, 0.5) is 0 Å². The molecule has 1 aliphatic heterocycles. The molecule has 2 aromatic rings. The Morgan fingerprint density at radius 3 is 2.81 bits per heavy atom. The van der Waals surface area contributed by atoms with Crippen LogP contribution in [-0.2, 0) is 12.8 Å². The Bertz CT molecular complexity index is 643. The van der Waals surface area contributed by atoms with Crippen LogP contribution >= 0.6 is 11.6 Å². The van der Waals surface area contributed by atoms with Crippen LogP contribution in [0.25, 0.3) is 0 Å². The van der Waals surface area contributed by atoms with Crippen molar-refractivity contribution in [1.29, 1.82) is 0 Å². The number of hydrogen-bond donors (Lipinski definition) is 1. The first-order valence-electron chi connectivity index (χ1n) is 7.07. The standard InChI is InChI=1S/C16H18ClN3O/c1-10-8-19-16(20-9-10)14(18-2)7-12-6-13(17)5-11-3-4-21-15(11)12/h5-6,8-9,14,18H,3-4,7H2,1-2H3. The van der Waals surface area contributed by atoms with Gasteiger partial charge in [-0.3, -0.25) is 0 Å². The highest BCUT2D eigenvalue weighted by molar-refractivity contribution is 6.30. The van der Waals surface area contributed by atoms with Gasteiger partial charge in [-0.2, -0.15) is 0 Å². The Morgan fingerprint density at radius 2 is 2.10 bits per heavy atom. The largest absolute Gasteiger partial charge is 0.493 e. The van der Waals surface area contributed by atoms with Crippen LogP contribution in [0.1, 0.15) is 28.6 Å². The summed E-state index contributed by atoms with van der Waals surface area (Å²) in [7, 11) is 1.92. The third-order valence-electron chi connectivity index (χ3n) is 3.71. The zero-order valence-corrected chi connectivity index (χ0v) is 12.9. The molecule has 110 valence electrons. The molecule has 0 saturated carbocycles. The maximum atomic E-state index is 6.21. The van der Waals surface area contributed by atoms with Crippen LogP contribution < -0.4 is 10.1 Å². The van der Waals surface area contributed by atoms with E-state index in [1.54, 1.807) is 0 Å². The van der Waals surface area contributed by atoms with Gasteiger partial charge in [0, 0.05) is 23.8 Å². The highest BCUT2D eigenvalue weighted by Crippen LogP contribution is 2.34. The summed E-state index contributed by atoms with van der Waals surface area (Å²) in [5.41, 5.74) is 3.36. The lowest BCUT2D eigenvalue weighted by Gasteiger charge is -2.17. The van der Waals surface area contributed by atoms with Gasteiger partial charge >= 0.3 is 0 Å². The molecule has 21 heavy (non-hydrogen) atoms. The van der Waals surface area contributed by atoms with Gasteiger partial charge in [-0.15, -0.1) is 0 Å². The molecular formula is C16H18ClN3O. The molecule has 3 rings (SSSR count). The van der Waals surface area contributed by atoms with Crippen molar-refractivity contribution in [2.45, 2.75) is 25.8 Å². The minimum Gasteiger partial charge on any atom is -0.493 e. The zero-order valence-electron chi connectivity index (χ0n) is 12.2. The highest BCUT2D eigenvalue weighted by atomic mass is 35.5. The van der Waals surface area contributed by atoms with E-state index in [1.807, 2.05) is 38.5 Å².